The van der Waals surface area contributed by atoms with Crippen molar-refractivity contribution in [2.45, 2.75) is 56.4 Å². The summed E-state index contributed by atoms with van der Waals surface area (Å²) in [6, 6.07) is 15.3. The Balaban J connectivity index is 0.000000158. The molecule has 8 atom stereocenters. The van der Waals surface area contributed by atoms with Crippen molar-refractivity contribution in [3.05, 3.63) is 92.4 Å². The molecule has 10 rings (SSSR count). The van der Waals surface area contributed by atoms with Gasteiger partial charge in [-0.1, -0.05) is 12.0 Å². The van der Waals surface area contributed by atoms with E-state index in [1.54, 1.807) is 42.7 Å². The van der Waals surface area contributed by atoms with Crippen molar-refractivity contribution in [3.8, 4) is 57.5 Å². The van der Waals surface area contributed by atoms with Crippen LogP contribution in [0.4, 0.5) is 0 Å². The minimum absolute atomic E-state index is 0.00182. The van der Waals surface area contributed by atoms with E-state index in [1.807, 2.05) is 36.4 Å². The number of hydrogen-bond acceptors (Lipinski definition) is 13. The summed E-state index contributed by atoms with van der Waals surface area (Å²) >= 11 is 0. The van der Waals surface area contributed by atoms with Crippen LogP contribution in [0.5, 0.6) is 57.5 Å². The van der Waals surface area contributed by atoms with Gasteiger partial charge in [-0.05, 0) is 118 Å². The minimum atomic E-state index is -0.581. The molecule has 4 aliphatic carbocycles. The van der Waals surface area contributed by atoms with Crippen LogP contribution < -0.4 is 47.4 Å². The van der Waals surface area contributed by atoms with Gasteiger partial charge in [-0.2, -0.15) is 0 Å². The molecule has 2 aliphatic heterocycles. The third-order valence-corrected chi connectivity index (χ3v) is 13.8. The summed E-state index contributed by atoms with van der Waals surface area (Å²) in [6.45, 7) is 2.52. The van der Waals surface area contributed by atoms with E-state index in [2.05, 4.69) is 29.1 Å². The van der Waals surface area contributed by atoms with Crippen molar-refractivity contribution in [1.29, 1.82) is 0 Å². The summed E-state index contributed by atoms with van der Waals surface area (Å²) in [5.41, 5.74) is 15.4. The zero-order valence-electron chi connectivity index (χ0n) is 35.7. The molecule has 2 fully saturated rings. The molecular weight excluding hydrogens is 799 g/mol. The Kier molecular flexibility index (Phi) is 10.8. The predicted molar refractivity (Wildman–Crippen MR) is 224 cm³/mol. The number of ether oxygens (including phenoxy) is 10. The van der Waals surface area contributed by atoms with Gasteiger partial charge < -0.3 is 47.4 Å². The lowest BCUT2D eigenvalue weighted by Gasteiger charge is -2.40. The third-order valence-electron chi connectivity index (χ3n) is 13.8. The first-order chi connectivity index (χ1) is 30.2. The number of fused-ring (bicyclic) bond motifs is 6. The molecule has 0 amide bonds. The summed E-state index contributed by atoms with van der Waals surface area (Å²) in [5, 5.41) is 4.06. The number of ketones is 2. The van der Waals surface area contributed by atoms with E-state index in [0.717, 1.165) is 45.7 Å². The van der Waals surface area contributed by atoms with E-state index in [1.165, 1.54) is 5.56 Å². The summed E-state index contributed by atoms with van der Waals surface area (Å²) in [6.07, 6.45) is 2.66. The number of methoxy groups -OCH3 is 6. The van der Waals surface area contributed by atoms with E-state index in [-0.39, 0.29) is 54.9 Å². The molecule has 4 aromatic rings. The second kappa shape index (κ2) is 16.4. The second-order valence-electron chi connectivity index (χ2n) is 16.4. The van der Waals surface area contributed by atoms with Crippen LogP contribution in [0.1, 0.15) is 89.8 Å². The van der Waals surface area contributed by atoms with Gasteiger partial charge in [0, 0.05) is 41.4 Å². The Labute approximate surface area is 359 Å². The van der Waals surface area contributed by atoms with Crippen molar-refractivity contribution < 1.29 is 57.0 Å². The summed E-state index contributed by atoms with van der Waals surface area (Å²) in [7, 11) is 9.56. The zero-order chi connectivity index (χ0) is 43.4. The highest BCUT2D eigenvalue weighted by Gasteiger charge is 2.51. The van der Waals surface area contributed by atoms with Crippen LogP contribution in [-0.4, -0.2) is 67.8 Å². The fourth-order valence-corrected chi connectivity index (χ4v) is 11.2. The minimum Gasteiger partial charge on any atom is -0.493 e. The highest BCUT2D eigenvalue weighted by Crippen LogP contribution is 2.60. The lowest BCUT2D eigenvalue weighted by Crippen LogP contribution is -2.32. The second-order valence-corrected chi connectivity index (χ2v) is 16.4. The van der Waals surface area contributed by atoms with Gasteiger partial charge in [0.25, 0.3) is 0 Å². The maximum atomic E-state index is 13.0. The van der Waals surface area contributed by atoms with Gasteiger partial charge in [0.05, 0.1) is 48.7 Å². The number of carbonyl (C=O) groups excluding carboxylic acids is 2. The molecule has 0 aromatic heterocycles. The largest absolute Gasteiger partial charge is 0.493 e. The predicted octanol–water partition coefficient (Wildman–Crippen LogP) is 8.82. The average molecular weight is 848 g/mol. The van der Waals surface area contributed by atoms with Crippen LogP contribution >= 0.6 is 0 Å². The van der Waals surface area contributed by atoms with Crippen molar-refractivity contribution in [2.24, 2.45) is 28.8 Å². The Bertz CT molecular complexity index is 2450. The van der Waals surface area contributed by atoms with Crippen molar-refractivity contribution in [2.75, 3.05) is 56.2 Å². The first-order valence-corrected chi connectivity index (χ1v) is 20.7. The normalized spacial score (nSPS) is 25.5. The lowest BCUT2D eigenvalue weighted by atomic mass is 9.63. The molecule has 62 heavy (non-hydrogen) atoms. The molecule has 4 aromatic carbocycles. The maximum Gasteiger partial charge on any atom is 0.231 e. The van der Waals surface area contributed by atoms with Crippen molar-refractivity contribution in [1.82, 2.24) is 0 Å². The lowest BCUT2D eigenvalue weighted by molar-refractivity contribution is -0.122. The van der Waals surface area contributed by atoms with Crippen LogP contribution in [0.2, 0.25) is 0 Å². The summed E-state index contributed by atoms with van der Waals surface area (Å²) in [4.78, 5) is 28.9. The average Bonchev–Trinajstić information content (AvgIpc) is 4.12. The molecular formula is C47H49N3O12. The smallest absolute Gasteiger partial charge is 0.231 e. The van der Waals surface area contributed by atoms with Gasteiger partial charge in [-0.3, -0.25) is 9.59 Å². The highest BCUT2D eigenvalue weighted by atomic mass is 16.7. The van der Waals surface area contributed by atoms with Crippen molar-refractivity contribution in [3.63, 3.8) is 0 Å². The van der Waals surface area contributed by atoms with Crippen LogP contribution in [0.25, 0.3) is 10.4 Å². The molecule has 8 unspecified atom stereocenters. The van der Waals surface area contributed by atoms with Gasteiger partial charge in [0.1, 0.15) is 11.6 Å². The molecule has 0 saturated heterocycles. The molecule has 15 nitrogen and oxygen atoms in total. The number of benzene rings is 4. The number of rotatable bonds is 9. The van der Waals surface area contributed by atoms with Crippen LogP contribution in [-0.2, 0) is 9.59 Å². The van der Waals surface area contributed by atoms with Crippen LogP contribution in [0, 0.1) is 23.7 Å². The van der Waals surface area contributed by atoms with E-state index in [0.29, 0.717) is 71.0 Å². The summed E-state index contributed by atoms with van der Waals surface area (Å²) < 4.78 is 55.9. The standard InChI is InChI=1S/C24H26O6.C23H23N3O6/c1-12-15-9-18-19(30-11-29-18)10-16(15)23(14-5-6-17(25)22(12)14)13-7-20(26-2)24(28-4)21(8-13)27-3;1-28-18-6-11(7-19(29-2)23(18)30-3)20-12-4-5-15(27)21(12)22(25-26-24)14-9-17-16(8-13(14)20)31-10-32-17/h7-10,12,14,22-23H,5-6,11H2,1-4H3;6-9,12,20-22H,4-5,10H2,1-3H3. The molecule has 2 heterocycles. The van der Waals surface area contributed by atoms with E-state index in [9.17, 15) is 15.1 Å². The van der Waals surface area contributed by atoms with E-state index < -0.39 is 12.0 Å². The highest BCUT2D eigenvalue weighted by molar-refractivity contribution is 5.86. The van der Waals surface area contributed by atoms with Crippen LogP contribution in [0.15, 0.2) is 53.6 Å². The Hall–Kier alpha value is -6.47. The number of nitrogens with zero attached hydrogens (tertiary/aromatic N) is 3. The zero-order valence-corrected chi connectivity index (χ0v) is 35.7. The van der Waals surface area contributed by atoms with Gasteiger partial charge in [0.15, 0.2) is 46.0 Å². The molecule has 6 aliphatic rings. The van der Waals surface area contributed by atoms with E-state index >= 15 is 0 Å². The topological polar surface area (TPSA) is 175 Å². The molecule has 0 bridgehead atoms. The number of Topliss-reactive ketones (excluding diaryl/α,β-unsaturated/α-hetero) is 2. The van der Waals surface area contributed by atoms with Gasteiger partial charge in [0.2, 0.25) is 25.1 Å². The van der Waals surface area contributed by atoms with Gasteiger partial charge >= 0.3 is 0 Å². The molecule has 0 spiro atoms. The third kappa shape index (κ3) is 6.52. The maximum absolute atomic E-state index is 13.0. The first-order valence-electron chi connectivity index (χ1n) is 20.7. The Morgan fingerprint density at radius 3 is 1.35 bits per heavy atom. The molecule has 324 valence electrons. The summed E-state index contributed by atoms with van der Waals surface area (Å²) in [5.74, 6) is 6.46. The van der Waals surface area contributed by atoms with Crippen LogP contribution in [0.3, 0.4) is 0 Å². The fourth-order valence-electron chi connectivity index (χ4n) is 11.2. The fraction of sp³-hybridized carbons (Fsp3) is 0.447. The SMILES string of the molecule is COc1cc(C2c3cc4c(cc3C(C)C3C(=O)CCC23)OCO4)cc(OC)c1OC.COc1cc(C2c3cc4c(cc3C(N=[N+]=[N-])C3C(=O)CCC23)OCO4)cc(OC)c1OC. The number of azide groups is 1. The van der Waals surface area contributed by atoms with E-state index in [4.69, 9.17) is 47.4 Å². The number of carbonyl (C=O) groups is 2. The first kappa shape index (κ1) is 40.9. The molecule has 0 N–H and O–H groups in total. The Morgan fingerprint density at radius 1 is 0.548 bits per heavy atom. The van der Waals surface area contributed by atoms with Crippen molar-refractivity contribution >= 4 is 11.6 Å². The Morgan fingerprint density at radius 2 is 0.935 bits per heavy atom. The number of hydrogen-bond donors (Lipinski definition) is 0. The van der Waals surface area contributed by atoms with Gasteiger partial charge in [-0.15, -0.1) is 0 Å². The quantitative estimate of drug-likeness (QED) is 0.0891. The molecule has 2 saturated carbocycles. The monoisotopic (exact) mass is 847 g/mol. The molecule has 15 heteroatoms. The molecule has 0 radical (unpaired) electrons. The van der Waals surface area contributed by atoms with Gasteiger partial charge in [-0.25, -0.2) is 0 Å².